The number of aliphatic carboxylic acids is 1. The lowest BCUT2D eigenvalue weighted by Gasteiger charge is -2.30. The second-order valence-electron chi connectivity index (χ2n) is 11.5. The van der Waals surface area contributed by atoms with E-state index in [0.29, 0.717) is 56.4 Å². The van der Waals surface area contributed by atoms with Crippen molar-refractivity contribution in [2.24, 2.45) is 13.0 Å². The highest BCUT2D eigenvalue weighted by molar-refractivity contribution is 5.94. The molecule has 3 atom stereocenters. The standard InChI is InChI=1S/C31H41N5O7/c1-5-6-11-36(22-8-7-10-32(2)17-22)27(37)19-35-18-23(21-15-25(41-4)29-26(16-21)42-20-43-29)28(30(38)39)24(35)9-12-34-14-13-33(3)31(34)40/h7-8,10,15-17,23-24,28H,5-6,9,11-14,18-20H2,1-4H3/p+1/t23-,24+,28-/m1/s1. The summed E-state index contributed by atoms with van der Waals surface area (Å²) in [5.74, 6) is -0.786. The number of carboxylic acid groups (broad SMARTS) is 1. The summed E-state index contributed by atoms with van der Waals surface area (Å²) in [5, 5.41) is 10.6. The zero-order valence-electron chi connectivity index (χ0n) is 25.4. The molecule has 0 unspecified atom stereocenters. The van der Waals surface area contributed by atoms with E-state index in [1.54, 1.807) is 21.7 Å². The second kappa shape index (κ2) is 13.1. The number of fused-ring (bicyclic) bond motifs is 1. The number of urea groups is 1. The van der Waals surface area contributed by atoms with Gasteiger partial charge in [0.05, 0.1) is 19.6 Å². The van der Waals surface area contributed by atoms with Gasteiger partial charge in [-0.2, -0.15) is 0 Å². The first-order valence-corrected chi connectivity index (χ1v) is 14.9. The zero-order valence-corrected chi connectivity index (χ0v) is 25.4. The molecule has 2 aromatic rings. The van der Waals surface area contributed by atoms with E-state index in [1.165, 1.54) is 7.11 Å². The average Bonchev–Trinajstić information content (AvgIpc) is 3.69. The molecule has 5 rings (SSSR count). The number of carbonyl (C=O) groups excluding carboxylic acids is 2. The SMILES string of the molecule is CCCCN(C(=O)CN1C[C@H](c2cc(OC)c3c(c2)OCO3)[C@@H](C(=O)O)[C@@H]1CCN1CCN(C)C1=O)c1ccc[n+](C)c1. The van der Waals surface area contributed by atoms with Gasteiger partial charge in [-0.1, -0.05) is 13.3 Å². The molecule has 2 saturated heterocycles. The van der Waals surface area contributed by atoms with Crippen LogP contribution >= 0.6 is 0 Å². The van der Waals surface area contributed by atoms with Crippen LogP contribution < -0.4 is 23.7 Å². The fourth-order valence-corrected chi connectivity index (χ4v) is 6.46. The summed E-state index contributed by atoms with van der Waals surface area (Å²) < 4.78 is 18.7. The van der Waals surface area contributed by atoms with E-state index < -0.39 is 23.8 Å². The third kappa shape index (κ3) is 6.34. The van der Waals surface area contributed by atoms with Crippen LogP contribution in [0.15, 0.2) is 36.7 Å². The van der Waals surface area contributed by atoms with E-state index in [0.717, 1.165) is 24.1 Å². The molecule has 12 heteroatoms. The molecule has 0 radical (unpaired) electrons. The number of rotatable bonds is 12. The zero-order chi connectivity index (χ0) is 30.7. The number of likely N-dealkylation sites (N-methyl/N-ethyl adjacent to an activating group) is 1. The van der Waals surface area contributed by atoms with E-state index in [1.807, 2.05) is 53.2 Å². The molecule has 43 heavy (non-hydrogen) atoms. The van der Waals surface area contributed by atoms with Gasteiger partial charge in [0.1, 0.15) is 12.7 Å². The number of hydrogen-bond donors (Lipinski definition) is 1. The monoisotopic (exact) mass is 596 g/mol. The van der Waals surface area contributed by atoms with Gasteiger partial charge in [-0.15, -0.1) is 0 Å². The molecule has 3 amide bonds. The van der Waals surface area contributed by atoms with E-state index in [9.17, 15) is 19.5 Å². The lowest BCUT2D eigenvalue weighted by Crippen LogP contribution is -2.46. The number of benzene rings is 1. The van der Waals surface area contributed by atoms with E-state index >= 15 is 0 Å². The highest BCUT2D eigenvalue weighted by Crippen LogP contribution is 2.47. The van der Waals surface area contributed by atoms with Crippen molar-refractivity contribution >= 4 is 23.6 Å². The van der Waals surface area contributed by atoms with Gasteiger partial charge in [-0.3, -0.25) is 14.5 Å². The topological polar surface area (TPSA) is 116 Å². The molecule has 12 nitrogen and oxygen atoms in total. The Bertz CT molecular complexity index is 1350. The molecule has 3 aliphatic rings. The summed E-state index contributed by atoms with van der Waals surface area (Å²) in [7, 11) is 5.22. The average molecular weight is 597 g/mol. The minimum Gasteiger partial charge on any atom is -0.493 e. The number of hydrogen-bond acceptors (Lipinski definition) is 7. The lowest BCUT2D eigenvalue weighted by atomic mass is 9.84. The number of ether oxygens (including phenoxy) is 3. The second-order valence-corrected chi connectivity index (χ2v) is 11.5. The lowest BCUT2D eigenvalue weighted by molar-refractivity contribution is -0.670. The van der Waals surface area contributed by atoms with Crippen molar-refractivity contribution in [3.05, 3.63) is 42.2 Å². The largest absolute Gasteiger partial charge is 0.493 e. The predicted octanol–water partition coefficient (Wildman–Crippen LogP) is 2.31. The molecule has 0 bridgehead atoms. The van der Waals surface area contributed by atoms with E-state index in [2.05, 4.69) is 6.92 Å². The molecule has 2 fully saturated rings. The van der Waals surface area contributed by atoms with E-state index in [-0.39, 0.29) is 25.3 Å². The van der Waals surface area contributed by atoms with Gasteiger partial charge in [0, 0.05) is 57.8 Å². The fraction of sp³-hybridized carbons (Fsp3) is 0.548. The van der Waals surface area contributed by atoms with Gasteiger partial charge < -0.3 is 34.0 Å². The van der Waals surface area contributed by atoms with Crippen molar-refractivity contribution in [2.45, 2.75) is 38.1 Å². The number of amides is 3. The van der Waals surface area contributed by atoms with Crippen LogP contribution in [0.5, 0.6) is 17.2 Å². The summed E-state index contributed by atoms with van der Waals surface area (Å²) in [6.07, 6.45) is 6.04. The van der Waals surface area contributed by atoms with Gasteiger partial charge in [0.25, 0.3) is 0 Å². The van der Waals surface area contributed by atoms with E-state index in [4.69, 9.17) is 14.2 Å². The Kier molecular flexibility index (Phi) is 9.24. The first-order chi connectivity index (χ1) is 20.7. The van der Waals surface area contributed by atoms with Crippen LogP contribution in [0.1, 0.15) is 37.7 Å². The molecule has 1 aromatic heterocycles. The number of likely N-dealkylation sites (tertiary alicyclic amines) is 1. The Balaban J connectivity index is 1.46. The number of unbranched alkanes of at least 4 members (excludes halogenated alkanes) is 1. The van der Waals surface area contributed by atoms with Crippen molar-refractivity contribution in [3.63, 3.8) is 0 Å². The minimum atomic E-state index is -0.940. The Labute approximate surface area is 252 Å². The van der Waals surface area contributed by atoms with Crippen molar-refractivity contribution in [1.29, 1.82) is 0 Å². The van der Waals surface area contributed by atoms with Gasteiger partial charge in [-0.25, -0.2) is 9.36 Å². The summed E-state index contributed by atoms with van der Waals surface area (Å²) in [5.41, 5.74) is 1.56. The van der Waals surface area contributed by atoms with Crippen LogP contribution in [0.4, 0.5) is 10.5 Å². The molecule has 1 N–H and O–H groups in total. The van der Waals surface area contributed by atoms with Gasteiger partial charge in [0.15, 0.2) is 23.9 Å². The minimum absolute atomic E-state index is 0.0583. The maximum absolute atomic E-state index is 14.0. The number of anilines is 1. The van der Waals surface area contributed by atoms with Crippen molar-refractivity contribution in [2.75, 3.05) is 65.1 Å². The Morgan fingerprint density at radius 2 is 2.05 bits per heavy atom. The van der Waals surface area contributed by atoms with Gasteiger partial charge >= 0.3 is 12.0 Å². The quantitative estimate of drug-likeness (QED) is 0.371. The highest BCUT2D eigenvalue weighted by atomic mass is 16.7. The third-order valence-corrected chi connectivity index (χ3v) is 8.75. The Morgan fingerprint density at radius 1 is 1.23 bits per heavy atom. The van der Waals surface area contributed by atoms with Crippen LogP contribution in [0.2, 0.25) is 0 Å². The number of carboxylic acids is 1. The number of methoxy groups -OCH3 is 1. The molecule has 1 aromatic carbocycles. The fourth-order valence-electron chi connectivity index (χ4n) is 6.46. The Morgan fingerprint density at radius 3 is 2.72 bits per heavy atom. The van der Waals surface area contributed by atoms with Gasteiger partial charge in [0.2, 0.25) is 18.4 Å². The first kappa shape index (κ1) is 30.4. The number of aromatic nitrogens is 1. The molecule has 3 aliphatic heterocycles. The molecular formula is C31H42N5O7+. The summed E-state index contributed by atoms with van der Waals surface area (Å²) in [4.78, 5) is 46.8. The van der Waals surface area contributed by atoms with Crippen LogP contribution in [0, 0.1) is 5.92 Å². The number of pyridine rings is 1. The molecule has 0 spiro atoms. The molecule has 0 saturated carbocycles. The van der Waals surface area contributed by atoms with Crippen molar-refractivity contribution in [3.8, 4) is 17.2 Å². The van der Waals surface area contributed by atoms with Crippen molar-refractivity contribution < 1.29 is 38.3 Å². The summed E-state index contributed by atoms with van der Waals surface area (Å²) in [6, 6.07) is 6.94. The van der Waals surface area contributed by atoms with Crippen LogP contribution in [-0.2, 0) is 16.6 Å². The number of carbonyl (C=O) groups is 3. The van der Waals surface area contributed by atoms with Gasteiger partial charge in [-0.05, 0) is 36.6 Å². The molecule has 4 heterocycles. The summed E-state index contributed by atoms with van der Waals surface area (Å²) >= 11 is 0. The number of nitrogens with zero attached hydrogens (tertiary/aromatic N) is 5. The third-order valence-electron chi connectivity index (χ3n) is 8.75. The van der Waals surface area contributed by atoms with Crippen LogP contribution in [-0.4, -0.2) is 104 Å². The van der Waals surface area contributed by atoms with Crippen LogP contribution in [0.3, 0.4) is 0 Å². The molecule has 232 valence electrons. The van der Waals surface area contributed by atoms with Crippen molar-refractivity contribution in [1.82, 2.24) is 14.7 Å². The maximum Gasteiger partial charge on any atom is 0.319 e. The normalized spacial score (nSPS) is 21.5. The smallest absolute Gasteiger partial charge is 0.319 e. The molecular weight excluding hydrogens is 554 g/mol. The summed E-state index contributed by atoms with van der Waals surface area (Å²) in [6.45, 7) is 4.77. The predicted molar refractivity (Wildman–Crippen MR) is 157 cm³/mol. The first-order valence-electron chi connectivity index (χ1n) is 14.9. The number of aryl methyl sites for hydroxylation is 1. The highest BCUT2D eigenvalue weighted by Gasteiger charge is 2.48. The van der Waals surface area contributed by atoms with Crippen LogP contribution in [0.25, 0.3) is 0 Å². The maximum atomic E-state index is 14.0. The molecule has 0 aliphatic carbocycles. The Hall–Kier alpha value is -4.06.